The van der Waals surface area contributed by atoms with Gasteiger partial charge in [-0.3, -0.25) is 4.79 Å². The molecule has 7 nitrogen and oxygen atoms in total. The van der Waals surface area contributed by atoms with E-state index in [2.05, 4.69) is 10.1 Å². The van der Waals surface area contributed by atoms with Crippen LogP contribution in [0.5, 0.6) is 0 Å². The summed E-state index contributed by atoms with van der Waals surface area (Å²) in [5.41, 5.74) is 6.91. The lowest BCUT2D eigenvalue weighted by Crippen LogP contribution is -2.15. The second-order valence-corrected chi connectivity index (χ2v) is 4.50. The fourth-order valence-corrected chi connectivity index (χ4v) is 2.10. The Bertz CT molecular complexity index is 671. The minimum absolute atomic E-state index is 0.0208. The molecular weight excluding hydrogens is 281 g/mol. The number of rotatable bonds is 5. The first-order valence-electron chi connectivity index (χ1n) is 6.13. The van der Waals surface area contributed by atoms with E-state index in [0.717, 1.165) is 0 Å². The van der Waals surface area contributed by atoms with Gasteiger partial charge in [0.2, 0.25) is 5.95 Å². The van der Waals surface area contributed by atoms with Crippen molar-refractivity contribution in [3.05, 3.63) is 35.2 Å². The number of nitrogens with zero attached hydrogens (tertiary/aromatic N) is 2. The summed E-state index contributed by atoms with van der Waals surface area (Å²) >= 11 is 0. The van der Waals surface area contributed by atoms with Crippen molar-refractivity contribution in [1.82, 2.24) is 10.1 Å². The van der Waals surface area contributed by atoms with Gasteiger partial charge in [0, 0.05) is 17.3 Å². The Kier molecular flexibility index (Phi) is 4.29. The molecule has 0 fully saturated rings. The van der Waals surface area contributed by atoms with E-state index in [0.29, 0.717) is 16.8 Å². The number of aliphatic hydroxyl groups is 1. The van der Waals surface area contributed by atoms with Crippen LogP contribution in [0, 0.1) is 12.9 Å². The van der Waals surface area contributed by atoms with E-state index < -0.39 is 24.6 Å². The summed E-state index contributed by atoms with van der Waals surface area (Å²) in [6.45, 7) is 1.06. The zero-order chi connectivity index (χ0) is 15.6. The third kappa shape index (κ3) is 2.91. The van der Waals surface area contributed by atoms with E-state index in [9.17, 15) is 14.3 Å². The van der Waals surface area contributed by atoms with E-state index in [4.69, 9.17) is 15.4 Å². The third-order valence-corrected chi connectivity index (χ3v) is 3.05. The minimum Gasteiger partial charge on any atom is -0.481 e. The van der Waals surface area contributed by atoms with Gasteiger partial charge in [-0.2, -0.15) is 4.39 Å². The number of aryl methyl sites for hydroxylation is 1. The predicted octanol–water partition coefficient (Wildman–Crippen LogP) is 1.15. The highest BCUT2D eigenvalue weighted by molar-refractivity contribution is 5.73. The van der Waals surface area contributed by atoms with Crippen LogP contribution in [0.15, 0.2) is 16.8 Å². The highest BCUT2D eigenvalue weighted by Crippen LogP contribution is 2.34. The molecule has 2 heterocycles. The van der Waals surface area contributed by atoms with Crippen LogP contribution in [0.3, 0.4) is 0 Å². The molecule has 8 heteroatoms. The fraction of sp³-hybridized carbons (Fsp3) is 0.308. The normalized spacial score (nSPS) is 12.4. The van der Waals surface area contributed by atoms with Gasteiger partial charge in [0.05, 0.1) is 24.8 Å². The SMILES string of the molecule is Cc1noc([C@@H](N)CC(=O)O)c1-c1ccnc(F)c1CO. The maximum atomic E-state index is 13.7. The lowest BCUT2D eigenvalue weighted by molar-refractivity contribution is -0.137. The molecule has 112 valence electrons. The van der Waals surface area contributed by atoms with E-state index in [1.54, 1.807) is 6.92 Å². The number of halogens is 1. The maximum Gasteiger partial charge on any atom is 0.305 e. The molecular formula is C13H14FN3O4. The van der Waals surface area contributed by atoms with Gasteiger partial charge in [0.25, 0.3) is 0 Å². The smallest absolute Gasteiger partial charge is 0.305 e. The second kappa shape index (κ2) is 5.98. The Morgan fingerprint density at radius 3 is 2.90 bits per heavy atom. The molecule has 0 saturated carbocycles. The van der Waals surface area contributed by atoms with Crippen LogP contribution >= 0.6 is 0 Å². The van der Waals surface area contributed by atoms with Crippen molar-refractivity contribution in [3.8, 4) is 11.1 Å². The zero-order valence-corrected chi connectivity index (χ0v) is 11.2. The summed E-state index contributed by atoms with van der Waals surface area (Å²) in [5.74, 6) is -1.77. The molecule has 0 saturated heterocycles. The van der Waals surface area contributed by atoms with Gasteiger partial charge in [-0.1, -0.05) is 5.16 Å². The van der Waals surface area contributed by atoms with Gasteiger partial charge < -0.3 is 20.5 Å². The number of carboxylic acids is 1. The maximum absolute atomic E-state index is 13.7. The molecule has 0 aliphatic rings. The number of carboxylic acid groups (broad SMARTS) is 1. The van der Waals surface area contributed by atoms with Crippen LogP contribution in [-0.4, -0.2) is 26.3 Å². The molecule has 0 amide bonds. The number of hydrogen-bond acceptors (Lipinski definition) is 6. The third-order valence-electron chi connectivity index (χ3n) is 3.05. The summed E-state index contributed by atoms with van der Waals surface area (Å²) in [7, 11) is 0. The van der Waals surface area contributed by atoms with Gasteiger partial charge in [-0.25, -0.2) is 4.98 Å². The molecule has 0 unspecified atom stereocenters. The average Bonchev–Trinajstić information content (AvgIpc) is 2.79. The molecule has 0 aliphatic carbocycles. The number of hydrogen-bond donors (Lipinski definition) is 3. The molecule has 0 spiro atoms. The summed E-state index contributed by atoms with van der Waals surface area (Å²) in [6, 6.07) is 0.562. The van der Waals surface area contributed by atoms with Gasteiger partial charge >= 0.3 is 5.97 Å². The number of pyridine rings is 1. The van der Waals surface area contributed by atoms with Crippen molar-refractivity contribution in [2.45, 2.75) is 26.0 Å². The van der Waals surface area contributed by atoms with Crippen LogP contribution in [0.2, 0.25) is 0 Å². The number of carbonyl (C=O) groups is 1. The van der Waals surface area contributed by atoms with Crippen LogP contribution < -0.4 is 5.73 Å². The first kappa shape index (κ1) is 15.1. The molecule has 2 aromatic heterocycles. The first-order valence-corrected chi connectivity index (χ1v) is 6.13. The van der Waals surface area contributed by atoms with E-state index in [1.165, 1.54) is 12.3 Å². The Morgan fingerprint density at radius 1 is 1.57 bits per heavy atom. The minimum atomic E-state index is -1.09. The number of nitrogens with two attached hydrogens (primary N) is 1. The van der Waals surface area contributed by atoms with E-state index >= 15 is 0 Å². The van der Waals surface area contributed by atoms with Crippen molar-refractivity contribution in [2.24, 2.45) is 5.73 Å². The predicted molar refractivity (Wildman–Crippen MR) is 69.5 cm³/mol. The second-order valence-electron chi connectivity index (χ2n) is 4.50. The van der Waals surface area contributed by atoms with Crippen LogP contribution in [0.1, 0.15) is 29.5 Å². The summed E-state index contributed by atoms with van der Waals surface area (Å²) < 4.78 is 18.8. The van der Waals surface area contributed by atoms with Gasteiger partial charge in [0.1, 0.15) is 0 Å². The van der Waals surface area contributed by atoms with E-state index in [-0.39, 0.29) is 17.7 Å². The summed E-state index contributed by atoms with van der Waals surface area (Å²) in [4.78, 5) is 14.2. The quantitative estimate of drug-likeness (QED) is 0.707. The van der Waals surface area contributed by atoms with Gasteiger partial charge in [-0.05, 0) is 18.6 Å². The standard InChI is InChI=1S/C13H14FN3O4/c1-6-11(7-2-3-16-13(14)8(7)5-18)12(21-17-6)9(15)4-10(19)20/h2-3,9,18H,4-5,15H2,1H3,(H,19,20)/t9-/m0/s1. The molecule has 21 heavy (non-hydrogen) atoms. The number of aromatic nitrogens is 2. The highest BCUT2D eigenvalue weighted by atomic mass is 19.1. The molecule has 0 bridgehead atoms. The molecule has 2 aromatic rings. The summed E-state index contributed by atoms with van der Waals surface area (Å²) in [5, 5.41) is 21.9. The Morgan fingerprint density at radius 2 is 2.29 bits per heavy atom. The largest absolute Gasteiger partial charge is 0.481 e. The molecule has 1 atom stereocenters. The monoisotopic (exact) mass is 295 g/mol. The Balaban J connectivity index is 2.57. The lowest BCUT2D eigenvalue weighted by atomic mass is 9.96. The zero-order valence-electron chi connectivity index (χ0n) is 11.2. The molecule has 2 rings (SSSR count). The van der Waals surface area contributed by atoms with E-state index in [1.807, 2.05) is 0 Å². The van der Waals surface area contributed by atoms with Crippen LogP contribution in [-0.2, 0) is 11.4 Å². The molecule has 0 aliphatic heterocycles. The van der Waals surface area contributed by atoms with Crippen LogP contribution in [0.4, 0.5) is 4.39 Å². The Hall–Kier alpha value is -2.32. The molecule has 0 radical (unpaired) electrons. The lowest BCUT2D eigenvalue weighted by Gasteiger charge is -2.11. The molecule has 4 N–H and O–H groups in total. The number of aliphatic hydroxyl groups excluding tert-OH is 1. The average molecular weight is 295 g/mol. The van der Waals surface area contributed by atoms with Crippen molar-refractivity contribution in [1.29, 1.82) is 0 Å². The van der Waals surface area contributed by atoms with Gasteiger partial charge in [0.15, 0.2) is 5.76 Å². The molecule has 0 aromatic carbocycles. The topological polar surface area (TPSA) is 122 Å². The van der Waals surface area contributed by atoms with Crippen molar-refractivity contribution in [2.75, 3.05) is 0 Å². The highest BCUT2D eigenvalue weighted by Gasteiger charge is 2.25. The Labute approximate surface area is 119 Å². The van der Waals surface area contributed by atoms with Gasteiger partial charge in [-0.15, -0.1) is 0 Å². The summed E-state index contributed by atoms with van der Waals surface area (Å²) in [6.07, 6.45) is 0.881. The van der Waals surface area contributed by atoms with Crippen LogP contribution in [0.25, 0.3) is 11.1 Å². The van der Waals surface area contributed by atoms with Crippen molar-refractivity contribution < 1.29 is 23.9 Å². The van der Waals surface area contributed by atoms with Crippen molar-refractivity contribution >= 4 is 5.97 Å². The fourth-order valence-electron chi connectivity index (χ4n) is 2.10. The first-order chi connectivity index (χ1) is 9.95. The van der Waals surface area contributed by atoms with Crippen molar-refractivity contribution in [3.63, 3.8) is 0 Å². The number of aliphatic carboxylic acids is 1.